The van der Waals surface area contributed by atoms with Gasteiger partial charge in [0.25, 0.3) is 0 Å². The van der Waals surface area contributed by atoms with Crippen molar-refractivity contribution in [2.24, 2.45) is 4.99 Å². The SMILES string of the molecule is CC1C=Nc2ccc(C(F)(F)F)cc21. The molecule has 1 unspecified atom stereocenters. The van der Waals surface area contributed by atoms with Gasteiger partial charge in [0, 0.05) is 12.1 Å². The van der Waals surface area contributed by atoms with Gasteiger partial charge in [-0.2, -0.15) is 13.2 Å². The van der Waals surface area contributed by atoms with Gasteiger partial charge >= 0.3 is 6.18 Å². The summed E-state index contributed by atoms with van der Waals surface area (Å²) in [5, 5.41) is 0. The summed E-state index contributed by atoms with van der Waals surface area (Å²) in [6.45, 7) is 1.83. The molecule has 0 amide bonds. The number of benzene rings is 1. The summed E-state index contributed by atoms with van der Waals surface area (Å²) in [5.74, 6) is -0.0210. The number of alkyl halides is 3. The maximum atomic E-state index is 12.3. The lowest BCUT2D eigenvalue weighted by Gasteiger charge is -2.09. The molecule has 0 fully saturated rings. The summed E-state index contributed by atoms with van der Waals surface area (Å²) in [6.07, 6.45) is -2.61. The Hall–Kier alpha value is -1.32. The van der Waals surface area contributed by atoms with E-state index in [1.54, 1.807) is 6.21 Å². The predicted octanol–water partition coefficient (Wildman–Crippen LogP) is 3.52. The summed E-state index contributed by atoms with van der Waals surface area (Å²) in [5.41, 5.74) is 0.693. The minimum Gasteiger partial charge on any atom is -0.260 e. The summed E-state index contributed by atoms with van der Waals surface area (Å²) >= 11 is 0. The van der Waals surface area contributed by atoms with Gasteiger partial charge in [0.1, 0.15) is 0 Å². The Labute approximate surface area is 79.3 Å². The first kappa shape index (κ1) is 9.24. The molecule has 0 N–H and O–H groups in total. The van der Waals surface area contributed by atoms with Crippen molar-refractivity contribution in [1.29, 1.82) is 0 Å². The lowest BCUT2D eigenvalue weighted by atomic mass is 10.0. The molecule has 1 aliphatic rings. The van der Waals surface area contributed by atoms with Crippen molar-refractivity contribution >= 4 is 11.9 Å². The number of hydrogen-bond donors (Lipinski definition) is 0. The summed E-state index contributed by atoms with van der Waals surface area (Å²) in [6, 6.07) is 3.65. The van der Waals surface area contributed by atoms with Gasteiger partial charge in [-0.3, -0.25) is 4.99 Å². The van der Waals surface area contributed by atoms with Crippen LogP contribution in [0.5, 0.6) is 0 Å². The first-order valence-electron chi connectivity index (χ1n) is 4.24. The Morgan fingerprint density at radius 1 is 1.29 bits per heavy atom. The second kappa shape index (κ2) is 2.83. The van der Waals surface area contributed by atoms with Crippen molar-refractivity contribution in [3.63, 3.8) is 0 Å². The van der Waals surface area contributed by atoms with E-state index in [1.807, 2.05) is 6.92 Å². The smallest absolute Gasteiger partial charge is 0.260 e. The van der Waals surface area contributed by atoms with Crippen LogP contribution in [-0.2, 0) is 6.18 Å². The van der Waals surface area contributed by atoms with Gasteiger partial charge in [0.2, 0.25) is 0 Å². The monoisotopic (exact) mass is 199 g/mol. The van der Waals surface area contributed by atoms with E-state index < -0.39 is 11.7 Å². The van der Waals surface area contributed by atoms with Crippen LogP contribution >= 0.6 is 0 Å². The highest BCUT2D eigenvalue weighted by Gasteiger charge is 2.31. The average Bonchev–Trinajstić information content (AvgIpc) is 2.46. The van der Waals surface area contributed by atoms with Gasteiger partial charge in [-0.05, 0) is 23.8 Å². The third-order valence-electron chi connectivity index (χ3n) is 2.28. The van der Waals surface area contributed by atoms with E-state index in [4.69, 9.17) is 0 Å². The Bertz CT molecular complexity index is 393. The van der Waals surface area contributed by atoms with Crippen LogP contribution in [0.3, 0.4) is 0 Å². The van der Waals surface area contributed by atoms with Crippen LogP contribution in [0.2, 0.25) is 0 Å². The highest BCUT2D eigenvalue weighted by atomic mass is 19.4. The molecule has 1 aromatic rings. The molecule has 2 rings (SSSR count). The van der Waals surface area contributed by atoms with E-state index in [1.165, 1.54) is 12.1 Å². The van der Waals surface area contributed by atoms with Gasteiger partial charge in [0.05, 0.1) is 11.3 Å². The Morgan fingerprint density at radius 3 is 2.64 bits per heavy atom. The second-order valence-electron chi connectivity index (χ2n) is 3.34. The Balaban J connectivity index is 2.48. The topological polar surface area (TPSA) is 12.4 Å². The standard InChI is InChI=1S/C10H8F3N/c1-6-5-14-9-3-2-7(4-8(6)9)10(11,12)13/h2-6H,1H3. The van der Waals surface area contributed by atoms with Gasteiger partial charge in [-0.15, -0.1) is 0 Å². The molecule has 1 heterocycles. The molecular weight excluding hydrogens is 191 g/mol. The Morgan fingerprint density at radius 2 is 2.00 bits per heavy atom. The van der Waals surface area contributed by atoms with Gasteiger partial charge in [-0.25, -0.2) is 0 Å². The lowest BCUT2D eigenvalue weighted by molar-refractivity contribution is -0.137. The number of nitrogens with zero attached hydrogens (tertiary/aromatic N) is 1. The molecule has 0 bridgehead atoms. The number of rotatable bonds is 0. The summed E-state index contributed by atoms with van der Waals surface area (Å²) in [7, 11) is 0. The zero-order valence-corrected chi connectivity index (χ0v) is 7.47. The number of hydrogen-bond acceptors (Lipinski definition) is 1. The molecule has 0 saturated heterocycles. The highest BCUT2D eigenvalue weighted by molar-refractivity contribution is 5.80. The molecule has 0 aromatic heterocycles. The quantitative estimate of drug-likeness (QED) is 0.606. The molecule has 1 atom stereocenters. The van der Waals surface area contributed by atoms with E-state index in [0.29, 0.717) is 11.3 Å². The maximum absolute atomic E-state index is 12.3. The van der Waals surface area contributed by atoms with Crippen LogP contribution in [0.1, 0.15) is 24.0 Å². The van der Waals surface area contributed by atoms with Crippen LogP contribution in [0.15, 0.2) is 23.2 Å². The van der Waals surface area contributed by atoms with Gasteiger partial charge in [0.15, 0.2) is 0 Å². The molecule has 0 saturated carbocycles. The fourth-order valence-electron chi connectivity index (χ4n) is 1.49. The van der Waals surface area contributed by atoms with Gasteiger partial charge in [-0.1, -0.05) is 6.92 Å². The zero-order chi connectivity index (χ0) is 10.3. The molecule has 74 valence electrons. The molecule has 0 spiro atoms. The van der Waals surface area contributed by atoms with Crippen molar-refractivity contribution in [2.45, 2.75) is 19.0 Å². The molecular formula is C10H8F3N. The minimum atomic E-state index is -4.27. The second-order valence-corrected chi connectivity index (χ2v) is 3.34. The van der Waals surface area contributed by atoms with E-state index in [-0.39, 0.29) is 5.92 Å². The summed E-state index contributed by atoms with van der Waals surface area (Å²) < 4.78 is 37.0. The average molecular weight is 199 g/mol. The first-order valence-corrected chi connectivity index (χ1v) is 4.24. The van der Waals surface area contributed by atoms with E-state index in [9.17, 15) is 13.2 Å². The molecule has 14 heavy (non-hydrogen) atoms. The largest absolute Gasteiger partial charge is 0.416 e. The van der Waals surface area contributed by atoms with Crippen LogP contribution in [0.25, 0.3) is 0 Å². The van der Waals surface area contributed by atoms with Crippen molar-refractivity contribution in [3.8, 4) is 0 Å². The van der Waals surface area contributed by atoms with Crippen molar-refractivity contribution in [2.75, 3.05) is 0 Å². The van der Waals surface area contributed by atoms with E-state index >= 15 is 0 Å². The van der Waals surface area contributed by atoms with Crippen molar-refractivity contribution in [3.05, 3.63) is 29.3 Å². The molecule has 1 nitrogen and oxygen atoms in total. The molecule has 0 aliphatic carbocycles. The van der Waals surface area contributed by atoms with Crippen molar-refractivity contribution in [1.82, 2.24) is 0 Å². The minimum absolute atomic E-state index is 0.0210. The normalized spacial score (nSPS) is 19.9. The third kappa shape index (κ3) is 1.41. The number of halogens is 3. The van der Waals surface area contributed by atoms with Crippen LogP contribution < -0.4 is 0 Å². The first-order chi connectivity index (χ1) is 6.48. The van der Waals surface area contributed by atoms with Crippen LogP contribution in [-0.4, -0.2) is 6.21 Å². The number of fused-ring (bicyclic) bond motifs is 1. The number of aliphatic imine (C=N–C) groups is 1. The summed E-state index contributed by atoms with van der Waals surface area (Å²) in [4.78, 5) is 4.01. The van der Waals surface area contributed by atoms with Crippen molar-refractivity contribution < 1.29 is 13.2 Å². The molecule has 1 aliphatic heterocycles. The van der Waals surface area contributed by atoms with E-state index in [0.717, 1.165) is 6.07 Å². The Kier molecular flexibility index (Phi) is 1.87. The fraction of sp³-hybridized carbons (Fsp3) is 0.300. The maximum Gasteiger partial charge on any atom is 0.416 e. The molecule has 0 radical (unpaired) electrons. The van der Waals surface area contributed by atoms with Crippen LogP contribution in [0.4, 0.5) is 18.9 Å². The molecule has 1 aromatic carbocycles. The zero-order valence-electron chi connectivity index (χ0n) is 7.47. The van der Waals surface area contributed by atoms with Crippen LogP contribution in [0, 0.1) is 0 Å². The lowest BCUT2D eigenvalue weighted by Crippen LogP contribution is -2.05. The van der Waals surface area contributed by atoms with E-state index in [2.05, 4.69) is 4.99 Å². The van der Waals surface area contributed by atoms with Gasteiger partial charge < -0.3 is 0 Å². The predicted molar refractivity (Wildman–Crippen MR) is 48.0 cm³/mol. The molecule has 4 heteroatoms. The fourth-order valence-corrected chi connectivity index (χ4v) is 1.49. The highest BCUT2D eigenvalue weighted by Crippen LogP contribution is 2.37. The third-order valence-corrected chi connectivity index (χ3v) is 2.28.